The van der Waals surface area contributed by atoms with Gasteiger partial charge in [0.15, 0.2) is 0 Å². The first-order chi connectivity index (χ1) is 9.77. The molecular weight excluding hydrogens is 323 g/mol. The first-order valence-electron chi connectivity index (χ1n) is 6.06. The molecule has 0 heterocycles. The van der Waals surface area contributed by atoms with Crippen LogP contribution in [0, 0.1) is 5.82 Å². The standard InChI is InChI=1S/C12H16ClFN2O4S/c1-20-5-3-2-4-16-12(17)8-6-11(21(15,18)19)9(13)7-10(8)14/h6-7H,2-5H2,1H3,(H,16,17)(H2,15,18,19). The van der Waals surface area contributed by atoms with E-state index in [-0.39, 0.29) is 5.02 Å². The van der Waals surface area contributed by atoms with Crippen LogP contribution in [0.15, 0.2) is 17.0 Å². The van der Waals surface area contributed by atoms with Gasteiger partial charge in [0, 0.05) is 20.3 Å². The van der Waals surface area contributed by atoms with Gasteiger partial charge < -0.3 is 10.1 Å². The molecule has 0 saturated carbocycles. The monoisotopic (exact) mass is 338 g/mol. The molecule has 1 aromatic carbocycles. The normalized spacial score (nSPS) is 11.4. The van der Waals surface area contributed by atoms with Crippen LogP contribution in [0.5, 0.6) is 0 Å². The van der Waals surface area contributed by atoms with Crippen molar-refractivity contribution in [2.45, 2.75) is 17.7 Å². The van der Waals surface area contributed by atoms with Crippen molar-refractivity contribution < 1.29 is 22.3 Å². The molecule has 0 aliphatic carbocycles. The van der Waals surface area contributed by atoms with Crippen LogP contribution in [-0.4, -0.2) is 34.6 Å². The first kappa shape index (κ1) is 17.8. The summed E-state index contributed by atoms with van der Waals surface area (Å²) in [5.74, 6) is -1.65. The van der Waals surface area contributed by atoms with Crippen LogP contribution in [0.3, 0.4) is 0 Å². The Morgan fingerprint density at radius 2 is 2.10 bits per heavy atom. The number of hydrogen-bond acceptors (Lipinski definition) is 4. The zero-order valence-electron chi connectivity index (χ0n) is 11.4. The van der Waals surface area contributed by atoms with Crippen LogP contribution in [0.1, 0.15) is 23.2 Å². The molecular formula is C12H16ClFN2O4S. The lowest BCUT2D eigenvalue weighted by Gasteiger charge is -2.09. The maximum atomic E-state index is 13.7. The summed E-state index contributed by atoms with van der Waals surface area (Å²) in [5, 5.41) is 7.07. The molecule has 0 atom stereocenters. The van der Waals surface area contributed by atoms with Crippen LogP contribution in [0.2, 0.25) is 5.02 Å². The molecule has 0 aromatic heterocycles. The number of carbonyl (C=O) groups excluding carboxylic acids is 1. The van der Waals surface area contributed by atoms with Gasteiger partial charge in [-0.3, -0.25) is 4.79 Å². The number of carbonyl (C=O) groups is 1. The van der Waals surface area contributed by atoms with Gasteiger partial charge in [0.25, 0.3) is 5.91 Å². The van der Waals surface area contributed by atoms with E-state index < -0.39 is 32.2 Å². The zero-order valence-corrected chi connectivity index (χ0v) is 12.9. The number of sulfonamides is 1. The fourth-order valence-electron chi connectivity index (χ4n) is 1.59. The first-order valence-corrected chi connectivity index (χ1v) is 7.98. The fraction of sp³-hybridized carbons (Fsp3) is 0.417. The fourth-order valence-corrected chi connectivity index (χ4v) is 2.68. The van der Waals surface area contributed by atoms with E-state index in [1.54, 1.807) is 7.11 Å². The number of methoxy groups -OCH3 is 1. The molecule has 0 unspecified atom stereocenters. The van der Waals surface area contributed by atoms with Crippen molar-refractivity contribution in [2.24, 2.45) is 5.14 Å². The topological polar surface area (TPSA) is 98.5 Å². The maximum Gasteiger partial charge on any atom is 0.254 e. The van der Waals surface area contributed by atoms with Gasteiger partial charge >= 0.3 is 0 Å². The number of ether oxygens (including phenoxy) is 1. The van der Waals surface area contributed by atoms with E-state index in [0.717, 1.165) is 18.6 Å². The Hall–Kier alpha value is -1.22. The molecule has 0 bridgehead atoms. The molecule has 3 N–H and O–H groups in total. The number of nitrogens with one attached hydrogen (secondary N) is 1. The Balaban J connectivity index is 2.85. The van der Waals surface area contributed by atoms with Crippen LogP contribution in [0.4, 0.5) is 4.39 Å². The van der Waals surface area contributed by atoms with Gasteiger partial charge in [-0.2, -0.15) is 0 Å². The molecule has 0 fully saturated rings. The number of rotatable bonds is 7. The summed E-state index contributed by atoms with van der Waals surface area (Å²) in [4.78, 5) is 11.3. The number of halogens is 2. The molecule has 9 heteroatoms. The molecule has 6 nitrogen and oxygen atoms in total. The molecule has 0 spiro atoms. The molecule has 118 valence electrons. The summed E-state index contributed by atoms with van der Waals surface area (Å²) in [5.41, 5.74) is -0.421. The van der Waals surface area contributed by atoms with Crippen molar-refractivity contribution in [3.05, 3.63) is 28.5 Å². The summed E-state index contributed by atoms with van der Waals surface area (Å²) in [6, 6.07) is 1.58. The van der Waals surface area contributed by atoms with E-state index in [4.69, 9.17) is 21.5 Å². The lowest BCUT2D eigenvalue weighted by molar-refractivity contribution is 0.0947. The second kappa shape index (κ2) is 7.69. The maximum absolute atomic E-state index is 13.7. The summed E-state index contributed by atoms with van der Waals surface area (Å²) < 4.78 is 41.1. The Morgan fingerprint density at radius 3 is 2.67 bits per heavy atom. The molecule has 1 aromatic rings. The Labute approximate surface area is 127 Å². The lowest BCUT2D eigenvalue weighted by atomic mass is 10.2. The molecule has 1 amide bonds. The van der Waals surface area contributed by atoms with E-state index >= 15 is 0 Å². The summed E-state index contributed by atoms with van der Waals surface area (Å²) >= 11 is 5.61. The smallest absolute Gasteiger partial charge is 0.254 e. The van der Waals surface area contributed by atoms with Crippen molar-refractivity contribution in [1.29, 1.82) is 0 Å². The lowest BCUT2D eigenvalue weighted by Crippen LogP contribution is -2.26. The Bertz CT molecular complexity index is 622. The van der Waals surface area contributed by atoms with E-state index in [1.807, 2.05) is 0 Å². The van der Waals surface area contributed by atoms with E-state index in [0.29, 0.717) is 19.6 Å². The molecule has 0 saturated heterocycles. The highest BCUT2D eigenvalue weighted by Crippen LogP contribution is 2.24. The highest BCUT2D eigenvalue weighted by molar-refractivity contribution is 7.89. The predicted molar refractivity (Wildman–Crippen MR) is 76.2 cm³/mol. The molecule has 1 rings (SSSR count). The van der Waals surface area contributed by atoms with E-state index in [1.165, 1.54) is 0 Å². The molecule has 0 radical (unpaired) electrons. The number of unbranched alkanes of at least 4 members (excludes halogenated alkanes) is 1. The number of primary sulfonamides is 1. The highest BCUT2D eigenvalue weighted by Gasteiger charge is 2.20. The van der Waals surface area contributed by atoms with Gasteiger partial charge in [-0.15, -0.1) is 0 Å². The van der Waals surface area contributed by atoms with Crippen LogP contribution >= 0.6 is 11.6 Å². The highest BCUT2D eigenvalue weighted by atomic mass is 35.5. The zero-order chi connectivity index (χ0) is 16.0. The van der Waals surface area contributed by atoms with Crippen LogP contribution in [-0.2, 0) is 14.8 Å². The van der Waals surface area contributed by atoms with Crippen LogP contribution in [0.25, 0.3) is 0 Å². The second-order valence-electron chi connectivity index (χ2n) is 4.26. The molecule has 0 aliphatic rings. The van der Waals surface area contributed by atoms with E-state index in [2.05, 4.69) is 5.32 Å². The average molecular weight is 339 g/mol. The SMILES string of the molecule is COCCCCNC(=O)c1cc(S(N)(=O)=O)c(Cl)cc1F. The number of benzene rings is 1. The van der Waals surface area contributed by atoms with Crippen molar-refractivity contribution in [3.8, 4) is 0 Å². The minimum absolute atomic E-state index is 0.314. The Morgan fingerprint density at radius 1 is 1.43 bits per heavy atom. The van der Waals surface area contributed by atoms with E-state index in [9.17, 15) is 17.6 Å². The van der Waals surface area contributed by atoms with Crippen LogP contribution < -0.4 is 10.5 Å². The quantitative estimate of drug-likeness (QED) is 0.732. The second-order valence-corrected chi connectivity index (χ2v) is 6.20. The van der Waals surface area contributed by atoms with Gasteiger partial charge in [0.1, 0.15) is 10.7 Å². The van der Waals surface area contributed by atoms with Gasteiger partial charge in [-0.05, 0) is 25.0 Å². The van der Waals surface area contributed by atoms with Gasteiger partial charge in [0.05, 0.1) is 10.6 Å². The minimum atomic E-state index is -4.13. The Kier molecular flexibility index (Phi) is 6.53. The summed E-state index contributed by atoms with van der Waals surface area (Å²) in [6.07, 6.45) is 1.39. The average Bonchev–Trinajstić information content (AvgIpc) is 2.36. The summed E-state index contributed by atoms with van der Waals surface area (Å²) in [6.45, 7) is 0.871. The van der Waals surface area contributed by atoms with Gasteiger partial charge in [-0.1, -0.05) is 11.6 Å². The molecule has 21 heavy (non-hydrogen) atoms. The number of hydrogen-bond donors (Lipinski definition) is 2. The number of nitrogens with two attached hydrogens (primary N) is 1. The van der Waals surface area contributed by atoms with Crippen molar-refractivity contribution >= 4 is 27.5 Å². The molecule has 0 aliphatic heterocycles. The third kappa shape index (κ3) is 5.24. The summed E-state index contributed by atoms with van der Waals surface area (Å²) in [7, 11) is -2.57. The predicted octanol–water partition coefficient (Wildman–Crippen LogP) is 1.28. The van der Waals surface area contributed by atoms with Crippen molar-refractivity contribution in [3.63, 3.8) is 0 Å². The third-order valence-electron chi connectivity index (χ3n) is 2.63. The van der Waals surface area contributed by atoms with Crippen molar-refractivity contribution in [1.82, 2.24) is 5.32 Å². The third-order valence-corrected chi connectivity index (χ3v) is 4.01. The van der Waals surface area contributed by atoms with Crippen molar-refractivity contribution in [2.75, 3.05) is 20.3 Å². The number of amides is 1. The van der Waals surface area contributed by atoms with Gasteiger partial charge in [0.2, 0.25) is 10.0 Å². The largest absolute Gasteiger partial charge is 0.385 e. The van der Waals surface area contributed by atoms with Gasteiger partial charge in [-0.25, -0.2) is 17.9 Å². The minimum Gasteiger partial charge on any atom is -0.385 e.